The molecule has 1 saturated heterocycles. The molecule has 26 heavy (non-hydrogen) atoms. The molecule has 2 aromatic rings. The monoisotopic (exact) mass is 354 g/mol. The first-order valence-corrected chi connectivity index (χ1v) is 8.81. The van der Waals surface area contributed by atoms with Crippen molar-refractivity contribution in [3.63, 3.8) is 0 Å². The van der Waals surface area contributed by atoms with Crippen LogP contribution in [0.4, 0.5) is 4.39 Å². The molecule has 3 rings (SSSR count). The van der Waals surface area contributed by atoms with Gasteiger partial charge in [-0.25, -0.2) is 4.39 Å². The summed E-state index contributed by atoms with van der Waals surface area (Å²) in [5.74, 6) is -0.678. The molecular weight excluding hydrogens is 331 g/mol. The summed E-state index contributed by atoms with van der Waals surface area (Å²) in [4.78, 5) is 28.8. The Morgan fingerprint density at radius 3 is 2.35 bits per heavy atom. The van der Waals surface area contributed by atoms with Crippen LogP contribution in [0.5, 0.6) is 0 Å². The van der Waals surface area contributed by atoms with Crippen molar-refractivity contribution in [1.29, 1.82) is 0 Å². The minimum absolute atomic E-state index is 0.0180. The summed E-state index contributed by atoms with van der Waals surface area (Å²) >= 11 is 0. The third-order valence-electron chi connectivity index (χ3n) is 4.71. The Morgan fingerprint density at radius 2 is 1.65 bits per heavy atom. The van der Waals surface area contributed by atoms with E-state index >= 15 is 0 Å². The summed E-state index contributed by atoms with van der Waals surface area (Å²) < 4.78 is 13.9. The number of hydrogen-bond donors (Lipinski definition) is 0. The third-order valence-corrected chi connectivity index (χ3v) is 4.71. The molecule has 0 unspecified atom stereocenters. The van der Waals surface area contributed by atoms with Crippen LogP contribution in [0.2, 0.25) is 0 Å². The van der Waals surface area contributed by atoms with E-state index in [9.17, 15) is 14.0 Å². The van der Waals surface area contributed by atoms with Crippen LogP contribution in [0.3, 0.4) is 0 Å². The number of amides is 1. The van der Waals surface area contributed by atoms with Crippen LogP contribution in [0.25, 0.3) is 0 Å². The summed E-state index contributed by atoms with van der Waals surface area (Å²) in [6.07, 6.45) is 0. The maximum Gasteiger partial charge on any atom is 0.253 e. The van der Waals surface area contributed by atoms with Crippen molar-refractivity contribution in [3.05, 3.63) is 70.5 Å². The van der Waals surface area contributed by atoms with Crippen LogP contribution in [0.15, 0.2) is 42.5 Å². The zero-order valence-corrected chi connectivity index (χ0v) is 15.2. The second-order valence-corrected chi connectivity index (χ2v) is 6.84. The van der Waals surface area contributed by atoms with Gasteiger partial charge in [-0.2, -0.15) is 0 Å². The lowest BCUT2D eigenvalue weighted by Gasteiger charge is -2.34. The number of rotatable bonds is 4. The second kappa shape index (κ2) is 7.79. The van der Waals surface area contributed by atoms with Gasteiger partial charge in [0.05, 0.1) is 12.1 Å². The number of aryl methyl sites for hydroxylation is 2. The highest BCUT2D eigenvalue weighted by atomic mass is 19.1. The molecule has 4 nitrogen and oxygen atoms in total. The van der Waals surface area contributed by atoms with Gasteiger partial charge in [-0.05, 0) is 38.1 Å². The highest BCUT2D eigenvalue weighted by Crippen LogP contribution is 2.14. The van der Waals surface area contributed by atoms with E-state index in [1.54, 1.807) is 12.1 Å². The van der Waals surface area contributed by atoms with Gasteiger partial charge in [0.25, 0.3) is 5.91 Å². The van der Waals surface area contributed by atoms with Crippen LogP contribution in [0.1, 0.15) is 31.8 Å². The van der Waals surface area contributed by atoms with Crippen LogP contribution >= 0.6 is 0 Å². The zero-order valence-electron chi connectivity index (χ0n) is 15.2. The summed E-state index contributed by atoms with van der Waals surface area (Å²) in [5, 5.41) is 0. The van der Waals surface area contributed by atoms with E-state index < -0.39 is 5.82 Å². The maximum absolute atomic E-state index is 13.9. The summed E-state index contributed by atoms with van der Waals surface area (Å²) in [7, 11) is 0. The molecular formula is C21H23FN2O2. The van der Waals surface area contributed by atoms with E-state index in [0.29, 0.717) is 31.7 Å². The van der Waals surface area contributed by atoms with E-state index in [-0.39, 0.29) is 23.8 Å². The molecule has 1 heterocycles. The van der Waals surface area contributed by atoms with Crippen molar-refractivity contribution >= 4 is 11.7 Å². The van der Waals surface area contributed by atoms with Gasteiger partial charge in [0.2, 0.25) is 0 Å². The van der Waals surface area contributed by atoms with Gasteiger partial charge in [-0.1, -0.05) is 29.3 Å². The first-order valence-electron chi connectivity index (χ1n) is 8.81. The predicted octanol–water partition coefficient (Wildman–Crippen LogP) is 3.08. The summed E-state index contributed by atoms with van der Waals surface area (Å²) in [6, 6.07) is 12.1. The number of carbonyl (C=O) groups excluding carboxylic acids is 2. The molecule has 0 radical (unpaired) electrons. The number of piperazine rings is 1. The molecule has 1 fully saturated rings. The van der Waals surface area contributed by atoms with Crippen LogP contribution in [0, 0.1) is 19.7 Å². The molecule has 0 spiro atoms. The normalized spacial score (nSPS) is 15.1. The predicted molar refractivity (Wildman–Crippen MR) is 99.0 cm³/mol. The van der Waals surface area contributed by atoms with Gasteiger partial charge in [0.1, 0.15) is 5.82 Å². The number of halogens is 1. The fourth-order valence-electron chi connectivity index (χ4n) is 3.21. The number of ketones is 1. The summed E-state index contributed by atoms with van der Waals surface area (Å²) in [6.45, 7) is 6.32. The van der Waals surface area contributed by atoms with Gasteiger partial charge < -0.3 is 4.90 Å². The van der Waals surface area contributed by atoms with Gasteiger partial charge >= 0.3 is 0 Å². The van der Waals surface area contributed by atoms with Crippen molar-refractivity contribution < 1.29 is 14.0 Å². The fourth-order valence-corrected chi connectivity index (χ4v) is 3.21. The Bertz CT molecular complexity index is 827. The minimum Gasteiger partial charge on any atom is -0.336 e. The molecule has 1 aliphatic rings. The number of hydrogen-bond acceptors (Lipinski definition) is 3. The van der Waals surface area contributed by atoms with E-state index in [1.807, 2.05) is 47.9 Å². The zero-order chi connectivity index (χ0) is 18.7. The van der Waals surface area contributed by atoms with Crippen molar-refractivity contribution in [1.82, 2.24) is 9.80 Å². The standard InChI is InChI=1S/C21H23FN2O2/c1-15-4-3-5-17(12-15)21(26)24-10-8-23(9-11-24)14-20(25)18-13-16(2)6-7-19(18)22/h3-7,12-13H,8-11,14H2,1-2H3. The number of Topliss-reactive ketones (excluding diaryl/α,β-unsaturated/α-hetero) is 1. The largest absolute Gasteiger partial charge is 0.336 e. The Balaban J connectivity index is 1.57. The van der Waals surface area contributed by atoms with Gasteiger partial charge in [0, 0.05) is 31.7 Å². The van der Waals surface area contributed by atoms with Crippen molar-refractivity contribution in [2.75, 3.05) is 32.7 Å². The van der Waals surface area contributed by atoms with Crippen LogP contribution < -0.4 is 0 Å². The molecule has 136 valence electrons. The molecule has 2 aromatic carbocycles. The highest BCUT2D eigenvalue weighted by Gasteiger charge is 2.24. The average molecular weight is 354 g/mol. The highest BCUT2D eigenvalue weighted by molar-refractivity contribution is 5.98. The van der Waals surface area contributed by atoms with Crippen molar-refractivity contribution in [3.8, 4) is 0 Å². The van der Waals surface area contributed by atoms with Crippen molar-refractivity contribution in [2.24, 2.45) is 0 Å². The molecule has 5 heteroatoms. The molecule has 0 aliphatic carbocycles. The smallest absolute Gasteiger partial charge is 0.253 e. The van der Waals surface area contributed by atoms with Crippen LogP contribution in [-0.4, -0.2) is 54.2 Å². The Hall–Kier alpha value is -2.53. The fraction of sp³-hybridized carbons (Fsp3) is 0.333. The molecule has 0 atom stereocenters. The van der Waals surface area contributed by atoms with Gasteiger partial charge in [-0.3, -0.25) is 14.5 Å². The topological polar surface area (TPSA) is 40.6 Å². The van der Waals surface area contributed by atoms with E-state index in [2.05, 4.69) is 0 Å². The van der Waals surface area contributed by atoms with E-state index in [1.165, 1.54) is 6.07 Å². The average Bonchev–Trinajstić information content (AvgIpc) is 2.63. The lowest BCUT2D eigenvalue weighted by molar-refractivity contribution is 0.0624. The molecule has 0 aromatic heterocycles. The Kier molecular flexibility index (Phi) is 5.47. The second-order valence-electron chi connectivity index (χ2n) is 6.84. The lowest BCUT2D eigenvalue weighted by Crippen LogP contribution is -2.50. The van der Waals surface area contributed by atoms with Crippen molar-refractivity contribution in [2.45, 2.75) is 13.8 Å². The van der Waals surface area contributed by atoms with Gasteiger partial charge in [0.15, 0.2) is 5.78 Å². The quantitative estimate of drug-likeness (QED) is 0.793. The lowest BCUT2D eigenvalue weighted by atomic mass is 10.1. The van der Waals surface area contributed by atoms with E-state index in [0.717, 1.165) is 11.1 Å². The Morgan fingerprint density at radius 1 is 0.962 bits per heavy atom. The maximum atomic E-state index is 13.9. The summed E-state index contributed by atoms with van der Waals surface area (Å²) in [5.41, 5.74) is 2.75. The van der Waals surface area contributed by atoms with E-state index in [4.69, 9.17) is 0 Å². The number of carbonyl (C=O) groups is 2. The van der Waals surface area contributed by atoms with Crippen LogP contribution in [-0.2, 0) is 0 Å². The van der Waals surface area contributed by atoms with Gasteiger partial charge in [-0.15, -0.1) is 0 Å². The molecule has 0 bridgehead atoms. The molecule has 0 N–H and O–H groups in total. The molecule has 1 amide bonds. The minimum atomic E-state index is -0.478. The third kappa shape index (κ3) is 4.17. The first-order chi connectivity index (χ1) is 12.4. The Labute approximate surface area is 153 Å². The molecule has 1 aliphatic heterocycles. The first kappa shape index (κ1) is 18.3. The SMILES string of the molecule is Cc1cccc(C(=O)N2CCN(CC(=O)c3cc(C)ccc3F)CC2)c1. The number of nitrogens with zero attached hydrogens (tertiary/aromatic N) is 2. The molecule has 0 saturated carbocycles. The number of benzene rings is 2.